The lowest BCUT2D eigenvalue weighted by Gasteiger charge is -2.35. The van der Waals surface area contributed by atoms with Crippen molar-refractivity contribution in [2.45, 2.75) is 0 Å². The van der Waals surface area contributed by atoms with Gasteiger partial charge in [-0.25, -0.2) is 0 Å². The Morgan fingerprint density at radius 1 is 0.156 bits per heavy atom. The van der Waals surface area contributed by atoms with E-state index in [0.717, 1.165) is 0 Å². The summed E-state index contributed by atoms with van der Waals surface area (Å²) in [5.74, 6) is 0. The third kappa shape index (κ3) is 5.73. The molecule has 0 nitrogen and oxygen atoms in total. The fourth-order valence-electron chi connectivity index (χ4n) is 11.3. The smallest absolute Gasteiger partial charge is 0.0623 e. The SMILES string of the molecule is c1ccc([Si](c2ccccc2)(c2ccccc2)c2ccc3c4ccccc4c4c5cc([Si](c6ccccc6)(c6ccccc6)c6ccccc6)ccc5c5ccccc5c4c3c2)cc1. The predicted octanol–water partition coefficient (Wildman–Crippen LogP) is 10.2. The van der Waals surface area contributed by atoms with E-state index in [4.69, 9.17) is 0 Å². The number of rotatable bonds is 8. The molecular formula is C62H44Si2. The Balaban J connectivity index is 1.27. The molecule has 0 bridgehead atoms. The molecule has 0 aliphatic heterocycles. The zero-order valence-electron chi connectivity index (χ0n) is 35.4. The molecule has 0 fully saturated rings. The van der Waals surface area contributed by atoms with Crippen LogP contribution in [0.2, 0.25) is 0 Å². The maximum absolute atomic E-state index is 2.83. The van der Waals surface area contributed by atoms with Crippen molar-refractivity contribution in [3.63, 3.8) is 0 Å². The van der Waals surface area contributed by atoms with Gasteiger partial charge in [0.15, 0.2) is 16.1 Å². The summed E-state index contributed by atoms with van der Waals surface area (Å²) in [6.45, 7) is 0. The van der Waals surface area contributed by atoms with Crippen LogP contribution < -0.4 is 41.5 Å². The van der Waals surface area contributed by atoms with E-state index in [-0.39, 0.29) is 0 Å². The standard InChI is InChI=1S/C62H44Si2/c1-7-23-45(24-8-1)63(46-25-9-2-10-26-46,47-27-11-3-12-28-47)51-39-41-55-53-35-19-22-38-58(53)62-60-44-52(40-42-56(60)54-36-20-21-37-57(54)61(62)59(55)43-51)64(48-29-13-4-14-30-48,49-31-15-5-16-32-49)50-33-17-6-18-34-50/h1-44H. The molecule has 0 saturated heterocycles. The van der Waals surface area contributed by atoms with Gasteiger partial charge in [-0.1, -0.05) is 267 Å². The molecule has 2 heteroatoms. The monoisotopic (exact) mass is 844 g/mol. The van der Waals surface area contributed by atoms with Gasteiger partial charge in [0.2, 0.25) is 0 Å². The molecule has 0 radical (unpaired) electrons. The van der Waals surface area contributed by atoms with E-state index in [2.05, 4.69) is 267 Å². The summed E-state index contributed by atoms with van der Waals surface area (Å²) in [7, 11) is -5.67. The molecule has 0 saturated carbocycles. The predicted molar refractivity (Wildman–Crippen MR) is 281 cm³/mol. The Hall–Kier alpha value is -7.63. The van der Waals surface area contributed by atoms with Crippen molar-refractivity contribution in [2.75, 3.05) is 0 Å². The average Bonchev–Trinajstić information content (AvgIpc) is 3.38. The quantitative estimate of drug-likeness (QED) is 0.0812. The average molecular weight is 845 g/mol. The van der Waals surface area contributed by atoms with Gasteiger partial charge in [0.1, 0.15) is 0 Å². The summed E-state index contributed by atoms with van der Waals surface area (Å²) in [6, 6.07) is 101. The maximum atomic E-state index is 2.60. The number of hydrogen-bond donors (Lipinski definition) is 0. The molecule has 0 amide bonds. The van der Waals surface area contributed by atoms with Crippen LogP contribution >= 0.6 is 0 Å². The fourth-order valence-corrected chi connectivity index (χ4v) is 20.8. The molecule has 0 aliphatic rings. The molecule has 0 spiro atoms. The van der Waals surface area contributed by atoms with Crippen LogP contribution in [0.1, 0.15) is 0 Å². The summed E-state index contributed by atoms with van der Waals surface area (Å²) in [5, 5.41) is 23.9. The van der Waals surface area contributed by atoms with Gasteiger partial charge < -0.3 is 0 Å². The first-order chi connectivity index (χ1) is 31.8. The molecule has 0 aliphatic carbocycles. The zero-order chi connectivity index (χ0) is 42.5. The van der Waals surface area contributed by atoms with Crippen LogP contribution in [0.25, 0.3) is 53.9 Å². The van der Waals surface area contributed by atoms with Gasteiger partial charge >= 0.3 is 0 Å². The van der Waals surface area contributed by atoms with Crippen LogP contribution in [0.4, 0.5) is 0 Å². The van der Waals surface area contributed by atoms with E-state index in [1.54, 1.807) is 0 Å². The maximum Gasteiger partial charge on any atom is 0.179 e. The molecule has 64 heavy (non-hydrogen) atoms. The Morgan fingerprint density at radius 2 is 0.375 bits per heavy atom. The summed E-state index contributed by atoms with van der Waals surface area (Å²) < 4.78 is 0. The van der Waals surface area contributed by atoms with Crippen LogP contribution in [0, 0.1) is 0 Å². The van der Waals surface area contributed by atoms with Crippen molar-refractivity contribution in [3.8, 4) is 0 Å². The molecule has 12 aromatic carbocycles. The van der Waals surface area contributed by atoms with E-state index in [0.29, 0.717) is 0 Å². The molecule has 0 N–H and O–H groups in total. The molecular weight excluding hydrogens is 801 g/mol. The van der Waals surface area contributed by atoms with E-state index in [1.807, 2.05) is 0 Å². The third-order valence-electron chi connectivity index (χ3n) is 13.9. The van der Waals surface area contributed by atoms with Crippen molar-refractivity contribution >= 4 is 112 Å². The first-order valence-electron chi connectivity index (χ1n) is 22.3. The van der Waals surface area contributed by atoms with E-state index in [1.165, 1.54) is 95.4 Å². The Morgan fingerprint density at radius 3 is 0.641 bits per heavy atom. The summed E-state index contributed by atoms with van der Waals surface area (Å²) in [6.07, 6.45) is 0. The van der Waals surface area contributed by atoms with Crippen molar-refractivity contribution in [1.82, 2.24) is 0 Å². The fraction of sp³-hybridized carbons (Fsp3) is 0. The second-order valence-electron chi connectivity index (χ2n) is 17.1. The van der Waals surface area contributed by atoms with Gasteiger partial charge in [-0.3, -0.25) is 0 Å². The lowest BCUT2D eigenvalue weighted by atomic mass is 9.87. The van der Waals surface area contributed by atoms with Crippen molar-refractivity contribution in [2.24, 2.45) is 0 Å². The van der Waals surface area contributed by atoms with Gasteiger partial charge in [-0.05, 0) is 95.4 Å². The first-order valence-corrected chi connectivity index (χ1v) is 26.3. The minimum Gasteiger partial charge on any atom is -0.0623 e. The molecule has 0 unspecified atom stereocenters. The van der Waals surface area contributed by atoms with E-state index >= 15 is 0 Å². The second-order valence-corrected chi connectivity index (χ2v) is 24.7. The van der Waals surface area contributed by atoms with Gasteiger partial charge in [0.25, 0.3) is 0 Å². The van der Waals surface area contributed by atoms with Crippen LogP contribution in [-0.2, 0) is 0 Å². The molecule has 0 aromatic heterocycles. The highest BCUT2D eigenvalue weighted by Crippen LogP contribution is 2.43. The van der Waals surface area contributed by atoms with Gasteiger partial charge in [0, 0.05) is 0 Å². The highest BCUT2D eigenvalue weighted by molar-refractivity contribution is 7.20. The van der Waals surface area contributed by atoms with Gasteiger partial charge in [-0.2, -0.15) is 0 Å². The molecule has 12 rings (SSSR count). The second kappa shape index (κ2) is 15.6. The molecule has 300 valence electrons. The summed E-state index contributed by atoms with van der Waals surface area (Å²) in [5.41, 5.74) is 0. The highest BCUT2D eigenvalue weighted by atomic mass is 28.3. The van der Waals surface area contributed by atoms with Gasteiger partial charge in [-0.15, -0.1) is 0 Å². The number of benzene rings is 12. The normalized spacial score (nSPS) is 12.1. The Kier molecular flexibility index (Phi) is 9.29. The zero-order valence-corrected chi connectivity index (χ0v) is 37.4. The lowest BCUT2D eigenvalue weighted by Crippen LogP contribution is -2.74. The van der Waals surface area contributed by atoms with Crippen LogP contribution in [0.3, 0.4) is 0 Å². The molecule has 12 aromatic rings. The number of fused-ring (bicyclic) bond motifs is 11. The molecule has 0 atom stereocenters. The van der Waals surface area contributed by atoms with Crippen molar-refractivity contribution < 1.29 is 0 Å². The Bertz CT molecular complexity index is 3190. The number of hydrogen-bond acceptors (Lipinski definition) is 0. The summed E-state index contributed by atoms with van der Waals surface area (Å²) in [4.78, 5) is 0. The minimum absolute atomic E-state index is 1.28. The van der Waals surface area contributed by atoms with Crippen LogP contribution in [0.5, 0.6) is 0 Å². The summed E-state index contributed by atoms with van der Waals surface area (Å²) >= 11 is 0. The van der Waals surface area contributed by atoms with Gasteiger partial charge in [0.05, 0.1) is 0 Å². The van der Waals surface area contributed by atoms with Crippen molar-refractivity contribution in [3.05, 3.63) is 267 Å². The minimum atomic E-state index is -2.83. The lowest BCUT2D eigenvalue weighted by molar-refractivity contribution is 1.67. The van der Waals surface area contributed by atoms with Crippen LogP contribution in [-0.4, -0.2) is 16.1 Å². The van der Waals surface area contributed by atoms with Crippen molar-refractivity contribution in [1.29, 1.82) is 0 Å². The largest absolute Gasteiger partial charge is 0.179 e. The first kappa shape index (κ1) is 38.1. The highest BCUT2D eigenvalue weighted by Gasteiger charge is 2.43. The van der Waals surface area contributed by atoms with E-state index in [9.17, 15) is 0 Å². The molecule has 0 heterocycles. The third-order valence-corrected chi connectivity index (χ3v) is 23.5. The van der Waals surface area contributed by atoms with Crippen LogP contribution in [0.15, 0.2) is 267 Å². The topological polar surface area (TPSA) is 0 Å². The Labute approximate surface area is 376 Å². The van der Waals surface area contributed by atoms with E-state index < -0.39 is 16.1 Å².